The number of nitrogen functional groups attached to an aromatic ring is 1. The average molecular weight is 287 g/mol. The minimum atomic E-state index is 0.501. The van der Waals surface area contributed by atoms with E-state index in [9.17, 15) is 0 Å². The number of hydrogen-bond acceptors (Lipinski definition) is 2. The van der Waals surface area contributed by atoms with Crippen LogP contribution in [0.2, 0.25) is 5.02 Å². The third kappa shape index (κ3) is 1.87. The summed E-state index contributed by atoms with van der Waals surface area (Å²) < 4.78 is 0.967. The zero-order valence-electron chi connectivity index (χ0n) is 8.01. The van der Waals surface area contributed by atoms with Crippen molar-refractivity contribution in [1.29, 1.82) is 0 Å². The maximum absolute atomic E-state index is 6.10. The van der Waals surface area contributed by atoms with E-state index in [2.05, 4.69) is 26.1 Å². The molecule has 1 aromatic heterocycles. The van der Waals surface area contributed by atoms with Crippen molar-refractivity contribution in [2.45, 2.75) is 6.92 Å². The predicted molar refractivity (Wildman–Crippen MR) is 65.9 cm³/mol. The number of nitrogens with one attached hydrogen (secondary N) is 1. The van der Waals surface area contributed by atoms with Crippen molar-refractivity contribution in [2.75, 3.05) is 5.73 Å². The second-order valence-corrected chi connectivity index (χ2v) is 4.56. The van der Waals surface area contributed by atoms with E-state index in [-0.39, 0.29) is 0 Å². The SMILES string of the molecule is Cc1c(N)n[nH]c1-c1cc(Br)ccc1Cl. The monoisotopic (exact) mass is 285 g/mol. The fraction of sp³-hybridized carbons (Fsp3) is 0.100. The first-order chi connectivity index (χ1) is 7.09. The first-order valence-corrected chi connectivity index (χ1v) is 5.52. The number of nitrogens with zero attached hydrogens (tertiary/aromatic N) is 1. The van der Waals surface area contributed by atoms with E-state index in [0.29, 0.717) is 10.8 Å². The van der Waals surface area contributed by atoms with E-state index in [1.165, 1.54) is 0 Å². The van der Waals surface area contributed by atoms with Crippen molar-refractivity contribution in [3.05, 3.63) is 33.3 Å². The van der Waals surface area contributed by atoms with Crippen LogP contribution in [0.1, 0.15) is 5.56 Å². The lowest BCUT2D eigenvalue weighted by molar-refractivity contribution is 1.10. The molecule has 2 rings (SSSR count). The number of halogens is 2. The van der Waals surface area contributed by atoms with Gasteiger partial charge in [-0.05, 0) is 25.1 Å². The van der Waals surface area contributed by atoms with Crippen LogP contribution in [0.25, 0.3) is 11.3 Å². The van der Waals surface area contributed by atoms with Gasteiger partial charge in [-0.2, -0.15) is 5.10 Å². The van der Waals surface area contributed by atoms with Crippen molar-refractivity contribution in [2.24, 2.45) is 0 Å². The highest BCUT2D eigenvalue weighted by molar-refractivity contribution is 9.10. The van der Waals surface area contributed by atoms with Gasteiger partial charge in [0.25, 0.3) is 0 Å². The van der Waals surface area contributed by atoms with E-state index >= 15 is 0 Å². The molecule has 0 bridgehead atoms. The Morgan fingerprint density at radius 2 is 2.20 bits per heavy atom. The molecule has 1 heterocycles. The van der Waals surface area contributed by atoms with Crippen LogP contribution in [0.4, 0.5) is 5.82 Å². The molecule has 0 aliphatic heterocycles. The van der Waals surface area contributed by atoms with Crippen LogP contribution in [0.5, 0.6) is 0 Å². The molecule has 2 aromatic rings. The molecule has 0 saturated heterocycles. The van der Waals surface area contributed by atoms with Crippen LogP contribution in [0.15, 0.2) is 22.7 Å². The molecule has 0 aliphatic carbocycles. The molecular formula is C10H9BrClN3. The highest BCUT2D eigenvalue weighted by Crippen LogP contribution is 2.32. The third-order valence-electron chi connectivity index (χ3n) is 2.25. The Hall–Kier alpha value is -1.000. The van der Waals surface area contributed by atoms with Crippen molar-refractivity contribution in [3.8, 4) is 11.3 Å². The highest BCUT2D eigenvalue weighted by Gasteiger charge is 2.11. The summed E-state index contributed by atoms with van der Waals surface area (Å²) in [5, 5.41) is 7.49. The average Bonchev–Trinajstić information content (AvgIpc) is 2.52. The van der Waals surface area contributed by atoms with E-state index in [0.717, 1.165) is 21.3 Å². The Morgan fingerprint density at radius 3 is 2.80 bits per heavy atom. The fourth-order valence-electron chi connectivity index (χ4n) is 1.36. The number of hydrogen-bond donors (Lipinski definition) is 2. The second-order valence-electron chi connectivity index (χ2n) is 3.23. The molecule has 0 fully saturated rings. The quantitative estimate of drug-likeness (QED) is 0.844. The number of rotatable bonds is 1. The first-order valence-electron chi connectivity index (χ1n) is 4.35. The summed E-state index contributed by atoms with van der Waals surface area (Å²) in [5.41, 5.74) is 8.34. The smallest absolute Gasteiger partial charge is 0.148 e. The van der Waals surface area contributed by atoms with Gasteiger partial charge >= 0.3 is 0 Å². The molecule has 0 spiro atoms. The molecule has 78 valence electrons. The molecule has 3 nitrogen and oxygen atoms in total. The van der Waals surface area contributed by atoms with E-state index < -0.39 is 0 Å². The van der Waals surface area contributed by atoms with E-state index in [1.807, 2.05) is 25.1 Å². The largest absolute Gasteiger partial charge is 0.382 e. The number of nitrogens with two attached hydrogens (primary N) is 1. The number of anilines is 1. The maximum Gasteiger partial charge on any atom is 0.148 e. The van der Waals surface area contributed by atoms with Crippen molar-refractivity contribution < 1.29 is 0 Å². The van der Waals surface area contributed by atoms with Gasteiger partial charge in [0.15, 0.2) is 0 Å². The number of H-pyrrole nitrogens is 1. The van der Waals surface area contributed by atoms with Gasteiger partial charge < -0.3 is 5.73 Å². The van der Waals surface area contributed by atoms with E-state index in [4.69, 9.17) is 17.3 Å². The lowest BCUT2D eigenvalue weighted by atomic mass is 10.1. The summed E-state index contributed by atoms with van der Waals surface area (Å²) in [6.07, 6.45) is 0. The zero-order chi connectivity index (χ0) is 11.0. The number of aromatic nitrogens is 2. The van der Waals surface area contributed by atoms with Crippen molar-refractivity contribution in [1.82, 2.24) is 10.2 Å². The van der Waals surface area contributed by atoms with Crippen LogP contribution in [-0.2, 0) is 0 Å². The molecule has 0 atom stereocenters. The van der Waals surface area contributed by atoms with Crippen LogP contribution >= 0.6 is 27.5 Å². The minimum Gasteiger partial charge on any atom is -0.382 e. The number of benzene rings is 1. The topological polar surface area (TPSA) is 54.7 Å². The van der Waals surface area contributed by atoms with Crippen LogP contribution in [0, 0.1) is 6.92 Å². The summed E-state index contributed by atoms with van der Waals surface area (Å²) in [6.45, 7) is 1.91. The Bertz CT molecular complexity index is 507. The van der Waals surface area contributed by atoms with Gasteiger partial charge in [0.2, 0.25) is 0 Å². The molecule has 0 radical (unpaired) electrons. The normalized spacial score (nSPS) is 10.6. The molecule has 1 aromatic carbocycles. The first kappa shape index (κ1) is 10.5. The molecule has 0 amide bonds. The van der Waals surface area contributed by atoms with Crippen LogP contribution in [0.3, 0.4) is 0 Å². The second kappa shape index (κ2) is 3.87. The Kier molecular flexibility index (Phi) is 2.71. The maximum atomic E-state index is 6.10. The molecule has 3 N–H and O–H groups in total. The van der Waals surface area contributed by atoms with E-state index in [1.54, 1.807) is 0 Å². The van der Waals surface area contributed by atoms with Crippen molar-refractivity contribution in [3.63, 3.8) is 0 Å². The Labute approximate surface area is 101 Å². The summed E-state index contributed by atoms with van der Waals surface area (Å²) >= 11 is 9.50. The van der Waals surface area contributed by atoms with Gasteiger partial charge in [0.1, 0.15) is 5.82 Å². The molecule has 5 heteroatoms. The Morgan fingerprint density at radius 1 is 1.47 bits per heavy atom. The van der Waals surface area contributed by atoms with Crippen molar-refractivity contribution >= 4 is 33.3 Å². The lowest BCUT2D eigenvalue weighted by Crippen LogP contribution is -1.86. The molecule has 0 aliphatic rings. The van der Waals surface area contributed by atoms with Gasteiger partial charge in [0, 0.05) is 15.6 Å². The molecule has 0 saturated carbocycles. The number of aromatic amines is 1. The van der Waals surface area contributed by atoms with Gasteiger partial charge in [-0.25, -0.2) is 0 Å². The van der Waals surface area contributed by atoms with Gasteiger partial charge in [-0.3, -0.25) is 5.10 Å². The third-order valence-corrected chi connectivity index (χ3v) is 3.07. The minimum absolute atomic E-state index is 0.501. The summed E-state index contributed by atoms with van der Waals surface area (Å²) in [5.74, 6) is 0.501. The molecule has 15 heavy (non-hydrogen) atoms. The van der Waals surface area contributed by atoms with Gasteiger partial charge in [0.05, 0.1) is 10.7 Å². The summed E-state index contributed by atoms with van der Waals surface area (Å²) in [7, 11) is 0. The zero-order valence-corrected chi connectivity index (χ0v) is 10.4. The fourth-order valence-corrected chi connectivity index (χ4v) is 1.94. The predicted octanol–water partition coefficient (Wildman–Crippen LogP) is 3.38. The molecular weight excluding hydrogens is 277 g/mol. The summed E-state index contributed by atoms with van der Waals surface area (Å²) in [6, 6.07) is 5.65. The lowest BCUT2D eigenvalue weighted by Gasteiger charge is -2.03. The van der Waals surface area contributed by atoms with Gasteiger partial charge in [-0.1, -0.05) is 27.5 Å². The van der Waals surface area contributed by atoms with Crippen LogP contribution in [-0.4, -0.2) is 10.2 Å². The molecule has 0 unspecified atom stereocenters. The van der Waals surface area contributed by atoms with Gasteiger partial charge in [-0.15, -0.1) is 0 Å². The summed E-state index contributed by atoms with van der Waals surface area (Å²) in [4.78, 5) is 0. The Balaban J connectivity index is 2.63. The van der Waals surface area contributed by atoms with Crippen LogP contribution < -0.4 is 5.73 Å². The highest BCUT2D eigenvalue weighted by atomic mass is 79.9. The standard InChI is InChI=1S/C10H9BrClN3/c1-5-9(14-15-10(5)13)7-4-6(11)2-3-8(7)12/h2-4H,1H3,(H3,13,14,15).